The van der Waals surface area contributed by atoms with E-state index >= 15 is 0 Å². The van der Waals surface area contributed by atoms with Crippen molar-refractivity contribution in [3.05, 3.63) is 29.0 Å². The molecule has 0 aromatic heterocycles. The van der Waals surface area contributed by atoms with Crippen molar-refractivity contribution in [3.63, 3.8) is 0 Å². The summed E-state index contributed by atoms with van der Waals surface area (Å²) in [4.78, 5) is 0. The lowest BCUT2D eigenvalue weighted by Gasteiger charge is -2.27. The van der Waals surface area contributed by atoms with Crippen molar-refractivity contribution in [1.29, 1.82) is 0 Å². The molecule has 2 unspecified atom stereocenters. The molecular formula is C14H20ClFN2. The topological polar surface area (TPSA) is 24.1 Å². The molecule has 2 N–H and O–H groups in total. The van der Waals surface area contributed by atoms with Crippen molar-refractivity contribution in [2.24, 2.45) is 0 Å². The van der Waals surface area contributed by atoms with Crippen molar-refractivity contribution in [2.45, 2.75) is 44.7 Å². The lowest BCUT2D eigenvalue weighted by molar-refractivity contribution is 0.371. The maximum absolute atomic E-state index is 13.7. The second-order valence-corrected chi connectivity index (χ2v) is 5.44. The van der Waals surface area contributed by atoms with Gasteiger partial charge in [0.15, 0.2) is 5.82 Å². The smallest absolute Gasteiger partial charge is 0.164 e. The van der Waals surface area contributed by atoms with Crippen LogP contribution in [-0.4, -0.2) is 18.6 Å². The summed E-state index contributed by atoms with van der Waals surface area (Å²) in [7, 11) is 0. The van der Waals surface area contributed by atoms with Crippen LogP contribution in [0.1, 0.15) is 32.6 Å². The maximum atomic E-state index is 13.7. The molecule has 100 valence electrons. The molecule has 18 heavy (non-hydrogen) atoms. The quantitative estimate of drug-likeness (QED) is 0.869. The summed E-state index contributed by atoms with van der Waals surface area (Å²) in [6.45, 7) is 3.18. The molecule has 0 spiro atoms. The average Bonchev–Trinajstić information content (AvgIpc) is 2.36. The first-order valence-corrected chi connectivity index (χ1v) is 6.98. The first-order valence-electron chi connectivity index (χ1n) is 6.60. The SMILES string of the molecule is CC(CC1CCCCN1)Nc1cccc(Cl)c1F. The largest absolute Gasteiger partial charge is 0.380 e. The number of anilines is 1. The minimum absolute atomic E-state index is 0.169. The number of hydrogen-bond donors (Lipinski definition) is 2. The van der Waals surface area contributed by atoms with Gasteiger partial charge in [-0.15, -0.1) is 0 Å². The van der Waals surface area contributed by atoms with Crippen LogP contribution >= 0.6 is 11.6 Å². The number of piperidine rings is 1. The van der Waals surface area contributed by atoms with E-state index < -0.39 is 0 Å². The Balaban J connectivity index is 1.90. The molecule has 1 aromatic rings. The summed E-state index contributed by atoms with van der Waals surface area (Å²) < 4.78 is 13.7. The third-order valence-corrected chi connectivity index (χ3v) is 3.70. The molecule has 1 heterocycles. The van der Waals surface area contributed by atoms with Crippen molar-refractivity contribution in [1.82, 2.24) is 5.32 Å². The van der Waals surface area contributed by atoms with Crippen LogP contribution in [0.5, 0.6) is 0 Å². The Morgan fingerprint density at radius 2 is 2.33 bits per heavy atom. The van der Waals surface area contributed by atoms with Crippen LogP contribution in [0.3, 0.4) is 0 Å². The Labute approximate surface area is 113 Å². The van der Waals surface area contributed by atoms with Crippen LogP contribution in [0, 0.1) is 5.82 Å². The summed E-state index contributed by atoms with van der Waals surface area (Å²) in [6, 6.07) is 5.83. The van der Waals surface area contributed by atoms with Crippen molar-refractivity contribution < 1.29 is 4.39 Å². The molecule has 1 aromatic carbocycles. The van der Waals surface area contributed by atoms with Gasteiger partial charge in [0, 0.05) is 12.1 Å². The fraction of sp³-hybridized carbons (Fsp3) is 0.571. The summed E-state index contributed by atoms with van der Waals surface area (Å²) >= 11 is 5.76. The lowest BCUT2D eigenvalue weighted by Crippen LogP contribution is -2.37. The predicted octanol–water partition coefficient (Wildman–Crippen LogP) is 3.81. The van der Waals surface area contributed by atoms with Gasteiger partial charge in [-0.3, -0.25) is 0 Å². The molecule has 4 heteroatoms. The van der Waals surface area contributed by atoms with E-state index in [4.69, 9.17) is 11.6 Å². The first-order chi connectivity index (χ1) is 8.66. The zero-order valence-corrected chi connectivity index (χ0v) is 11.4. The zero-order valence-electron chi connectivity index (χ0n) is 10.7. The van der Waals surface area contributed by atoms with E-state index in [1.54, 1.807) is 18.2 Å². The molecule has 1 fully saturated rings. The molecule has 0 radical (unpaired) electrons. The van der Waals surface area contributed by atoms with Gasteiger partial charge in [0.25, 0.3) is 0 Å². The molecule has 1 saturated heterocycles. The normalized spacial score (nSPS) is 21.6. The van der Waals surface area contributed by atoms with E-state index in [1.807, 2.05) is 0 Å². The van der Waals surface area contributed by atoms with Crippen molar-refractivity contribution in [3.8, 4) is 0 Å². The molecule has 2 atom stereocenters. The molecule has 0 amide bonds. The number of benzene rings is 1. The fourth-order valence-electron chi connectivity index (χ4n) is 2.49. The van der Waals surface area contributed by atoms with Gasteiger partial charge in [-0.25, -0.2) is 4.39 Å². The molecule has 1 aliphatic heterocycles. The molecular weight excluding hydrogens is 251 g/mol. The van der Waals surface area contributed by atoms with Crippen molar-refractivity contribution in [2.75, 3.05) is 11.9 Å². The van der Waals surface area contributed by atoms with E-state index in [0.717, 1.165) is 13.0 Å². The van der Waals surface area contributed by atoms with Gasteiger partial charge in [0.05, 0.1) is 10.7 Å². The van der Waals surface area contributed by atoms with Crippen LogP contribution < -0.4 is 10.6 Å². The standard InChI is InChI=1S/C14H20ClFN2/c1-10(9-11-5-2-3-8-17-11)18-13-7-4-6-12(15)14(13)16/h4,6-7,10-11,17-18H,2-3,5,8-9H2,1H3. The van der Waals surface area contributed by atoms with Crippen LogP contribution in [0.15, 0.2) is 18.2 Å². The number of halogens is 2. The van der Waals surface area contributed by atoms with E-state index in [0.29, 0.717) is 11.7 Å². The molecule has 2 nitrogen and oxygen atoms in total. The van der Waals surface area contributed by atoms with Gasteiger partial charge in [-0.2, -0.15) is 0 Å². The Hall–Kier alpha value is -0.800. The minimum atomic E-state index is -0.359. The number of rotatable bonds is 4. The molecule has 0 bridgehead atoms. The predicted molar refractivity (Wildman–Crippen MR) is 74.8 cm³/mol. The van der Waals surface area contributed by atoms with Crippen LogP contribution in [0.2, 0.25) is 5.02 Å². The molecule has 0 aliphatic carbocycles. The van der Waals surface area contributed by atoms with Gasteiger partial charge in [0.1, 0.15) is 0 Å². The van der Waals surface area contributed by atoms with E-state index in [-0.39, 0.29) is 16.9 Å². The van der Waals surface area contributed by atoms with E-state index in [2.05, 4.69) is 17.6 Å². The van der Waals surface area contributed by atoms with Gasteiger partial charge in [-0.1, -0.05) is 24.1 Å². The fourth-order valence-corrected chi connectivity index (χ4v) is 2.67. The molecule has 1 aliphatic rings. The highest BCUT2D eigenvalue weighted by atomic mass is 35.5. The first kappa shape index (κ1) is 13.6. The van der Waals surface area contributed by atoms with Gasteiger partial charge in [0.2, 0.25) is 0 Å². The summed E-state index contributed by atoms with van der Waals surface area (Å²) in [5.41, 5.74) is 0.491. The summed E-state index contributed by atoms with van der Waals surface area (Å²) in [6.07, 6.45) is 4.77. The van der Waals surface area contributed by atoms with Gasteiger partial charge < -0.3 is 10.6 Å². The Kier molecular flexibility index (Phi) is 4.84. The summed E-state index contributed by atoms with van der Waals surface area (Å²) in [5.74, 6) is -0.359. The molecule has 0 saturated carbocycles. The molecule has 2 rings (SSSR count). The summed E-state index contributed by atoms with van der Waals surface area (Å²) in [5, 5.41) is 6.87. The minimum Gasteiger partial charge on any atom is -0.380 e. The lowest BCUT2D eigenvalue weighted by atomic mass is 9.98. The monoisotopic (exact) mass is 270 g/mol. The number of hydrogen-bond acceptors (Lipinski definition) is 2. The van der Waals surface area contributed by atoms with E-state index in [1.165, 1.54) is 19.3 Å². The van der Waals surface area contributed by atoms with Gasteiger partial charge >= 0.3 is 0 Å². The third kappa shape index (κ3) is 3.59. The zero-order chi connectivity index (χ0) is 13.0. The van der Waals surface area contributed by atoms with Crippen LogP contribution in [0.25, 0.3) is 0 Å². The maximum Gasteiger partial charge on any atom is 0.164 e. The van der Waals surface area contributed by atoms with Gasteiger partial charge in [-0.05, 0) is 44.9 Å². The third-order valence-electron chi connectivity index (χ3n) is 3.40. The highest BCUT2D eigenvalue weighted by molar-refractivity contribution is 6.31. The van der Waals surface area contributed by atoms with Crippen LogP contribution in [0.4, 0.5) is 10.1 Å². The average molecular weight is 271 g/mol. The highest BCUT2D eigenvalue weighted by Gasteiger charge is 2.16. The highest BCUT2D eigenvalue weighted by Crippen LogP contribution is 2.23. The van der Waals surface area contributed by atoms with Crippen molar-refractivity contribution >= 4 is 17.3 Å². The number of nitrogens with one attached hydrogen (secondary N) is 2. The van der Waals surface area contributed by atoms with E-state index in [9.17, 15) is 4.39 Å². The Bertz CT molecular complexity index is 391. The Morgan fingerprint density at radius 3 is 3.06 bits per heavy atom. The second kappa shape index (κ2) is 6.39. The van der Waals surface area contributed by atoms with Crippen LogP contribution in [-0.2, 0) is 0 Å². The Morgan fingerprint density at radius 1 is 1.50 bits per heavy atom. The second-order valence-electron chi connectivity index (χ2n) is 5.03.